The summed E-state index contributed by atoms with van der Waals surface area (Å²) in [4.78, 5) is 28.9. The highest BCUT2D eigenvalue weighted by Gasteiger charge is 2.30. The number of hydrogen-bond acceptors (Lipinski definition) is 7. The van der Waals surface area contributed by atoms with E-state index in [1.807, 2.05) is 26.0 Å². The summed E-state index contributed by atoms with van der Waals surface area (Å²) in [5.41, 5.74) is 1.69. The highest BCUT2D eigenvalue weighted by Crippen LogP contribution is 2.36. The molecule has 0 bridgehead atoms. The summed E-state index contributed by atoms with van der Waals surface area (Å²) in [7, 11) is 1.59. The Balaban J connectivity index is 1.53. The fourth-order valence-corrected chi connectivity index (χ4v) is 3.55. The minimum atomic E-state index is -0.363. The number of carbonyl (C=O) groups excluding carboxylic acids is 2. The van der Waals surface area contributed by atoms with Gasteiger partial charge in [0.2, 0.25) is 6.41 Å². The van der Waals surface area contributed by atoms with E-state index in [2.05, 4.69) is 25.8 Å². The Kier molecular flexibility index (Phi) is 7.82. The molecule has 2 aromatic rings. The zero-order chi connectivity index (χ0) is 22.2. The van der Waals surface area contributed by atoms with E-state index < -0.39 is 0 Å². The smallest absolute Gasteiger partial charge is 0.407 e. The van der Waals surface area contributed by atoms with Crippen LogP contribution in [0.3, 0.4) is 0 Å². The van der Waals surface area contributed by atoms with Gasteiger partial charge in [0.05, 0.1) is 18.5 Å². The summed E-state index contributed by atoms with van der Waals surface area (Å²) in [5.74, 6) is 1.54. The molecule has 3 rings (SSSR count). The maximum Gasteiger partial charge on any atom is 0.407 e. The SMILES string of the molecule is COCCN(C=O)c1ccc(Nc2cc(C3CCC(OC(=O)NC(C)C)C3)[nH]n2)nc1. The van der Waals surface area contributed by atoms with Crippen molar-refractivity contribution in [2.24, 2.45) is 0 Å². The number of anilines is 3. The minimum Gasteiger partial charge on any atom is -0.446 e. The predicted octanol–water partition coefficient (Wildman–Crippen LogP) is 2.93. The van der Waals surface area contributed by atoms with E-state index in [9.17, 15) is 9.59 Å². The number of aromatic amines is 1. The molecule has 1 aliphatic carbocycles. The monoisotopic (exact) mass is 430 g/mol. The first-order valence-corrected chi connectivity index (χ1v) is 10.4. The molecule has 1 saturated carbocycles. The van der Waals surface area contributed by atoms with Crippen molar-refractivity contribution in [2.45, 2.75) is 51.2 Å². The number of ether oxygens (including phenoxy) is 2. The first-order valence-electron chi connectivity index (χ1n) is 10.4. The fourth-order valence-electron chi connectivity index (χ4n) is 3.55. The molecule has 1 fully saturated rings. The van der Waals surface area contributed by atoms with Crippen LogP contribution in [0.1, 0.15) is 44.7 Å². The van der Waals surface area contributed by atoms with Crippen molar-refractivity contribution >= 4 is 29.8 Å². The van der Waals surface area contributed by atoms with Gasteiger partial charge in [-0.15, -0.1) is 0 Å². The van der Waals surface area contributed by atoms with Crippen LogP contribution in [0.4, 0.5) is 22.1 Å². The second kappa shape index (κ2) is 10.8. The van der Waals surface area contributed by atoms with Crippen LogP contribution in [-0.2, 0) is 14.3 Å². The lowest BCUT2D eigenvalue weighted by molar-refractivity contribution is -0.107. The van der Waals surface area contributed by atoms with Gasteiger partial charge in [-0.1, -0.05) is 0 Å². The van der Waals surface area contributed by atoms with Gasteiger partial charge >= 0.3 is 6.09 Å². The van der Waals surface area contributed by atoms with Crippen LogP contribution in [0.15, 0.2) is 24.4 Å². The number of carbonyl (C=O) groups is 2. The van der Waals surface area contributed by atoms with E-state index in [4.69, 9.17) is 9.47 Å². The second-order valence-electron chi connectivity index (χ2n) is 7.86. The van der Waals surface area contributed by atoms with Crippen LogP contribution in [0.2, 0.25) is 0 Å². The lowest BCUT2D eigenvalue weighted by atomic mass is 10.0. The molecule has 10 nitrogen and oxygen atoms in total. The number of nitrogens with one attached hydrogen (secondary N) is 3. The molecular formula is C21H30N6O4. The third-order valence-corrected chi connectivity index (χ3v) is 5.10. The van der Waals surface area contributed by atoms with Gasteiger partial charge in [0.15, 0.2) is 5.82 Å². The molecule has 2 heterocycles. The molecule has 0 aromatic carbocycles. The molecule has 3 N–H and O–H groups in total. The molecule has 2 amide bonds. The van der Waals surface area contributed by atoms with Gasteiger partial charge in [0.1, 0.15) is 11.9 Å². The third kappa shape index (κ3) is 6.42. The first kappa shape index (κ1) is 22.5. The van der Waals surface area contributed by atoms with Gasteiger partial charge in [0.25, 0.3) is 0 Å². The molecule has 2 atom stereocenters. The summed E-state index contributed by atoms with van der Waals surface area (Å²) >= 11 is 0. The minimum absolute atomic E-state index is 0.0560. The lowest BCUT2D eigenvalue weighted by Gasteiger charge is -2.16. The van der Waals surface area contributed by atoms with Crippen molar-refractivity contribution in [3.63, 3.8) is 0 Å². The lowest BCUT2D eigenvalue weighted by Crippen LogP contribution is -2.33. The van der Waals surface area contributed by atoms with Gasteiger partial charge in [-0.2, -0.15) is 5.10 Å². The number of nitrogens with zero attached hydrogens (tertiary/aromatic N) is 3. The van der Waals surface area contributed by atoms with Crippen molar-refractivity contribution < 1.29 is 19.1 Å². The van der Waals surface area contributed by atoms with Crippen molar-refractivity contribution in [2.75, 3.05) is 30.5 Å². The average molecular weight is 431 g/mol. The van der Waals surface area contributed by atoms with Crippen LogP contribution in [0.25, 0.3) is 0 Å². The largest absolute Gasteiger partial charge is 0.446 e. The van der Waals surface area contributed by atoms with E-state index in [1.54, 1.807) is 19.4 Å². The van der Waals surface area contributed by atoms with Crippen molar-refractivity contribution in [1.29, 1.82) is 0 Å². The zero-order valence-corrected chi connectivity index (χ0v) is 18.1. The maximum atomic E-state index is 11.8. The summed E-state index contributed by atoms with van der Waals surface area (Å²) in [6, 6.07) is 5.61. The summed E-state index contributed by atoms with van der Waals surface area (Å²) in [6.45, 7) is 4.71. The molecule has 0 saturated heterocycles. The summed E-state index contributed by atoms with van der Waals surface area (Å²) in [5, 5.41) is 13.3. The topological polar surface area (TPSA) is 121 Å². The number of H-pyrrole nitrogens is 1. The van der Waals surface area contributed by atoms with Crippen LogP contribution >= 0.6 is 0 Å². The van der Waals surface area contributed by atoms with Crippen LogP contribution in [0.5, 0.6) is 0 Å². The molecular weight excluding hydrogens is 400 g/mol. The quantitative estimate of drug-likeness (QED) is 0.496. The number of amides is 2. The van der Waals surface area contributed by atoms with E-state index in [1.165, 1.54) is 4.90 Å². The highest BCUT2D eigenvalue weighted by molar-refractivity contribution is 5.75. The van der Waals surface area contributed by atoms with Crippen molar-refractivity contribution in [3.8, 4) is 0 Å². The van der Waals surface area contributed by atoms with Gasteiger partial charge in [-0.05, 0) is 45.2 Å². The zero-order valence-electron chi connectivity index (χ0n) is 18.1. The number of methoxy groups -OCH3 is 1. The van der Waals surface area contributed by atoms with E-state index in [0.29, 0.717) is 30.5 Å². The number of hydrogen-bond donors (Lipinski definition) is 3. The van der Waals surface area contributed by atoms with Crippen LogP contribution < -0.4 is 15.5 Å². The van der Waals surface area contributed by atoms with Crippen LogP contribution in [0, 0.1) is 0 Å². The summed E-state index contributed by atoms with van der Waals surface area (Å²) < 4.78 is 10.5. The van der Waals surface area contributed by atoms with Crippen LogP contribution in [-0.4, -0.2) is 60.1 Å². The molecule has 10 heteroatoms. The number of rotatable bonds is 10. The maximum absolute atomic E-state index is 11.8. The molecule has 168 valence electrons. The second-order valence-corrected chi connectivity index (χ2v) is 7.86. The first-order chi connectivity index (χ1) is 15.0. The Morgan fingerprint density at radius 2 is 2.19 bits per heavy atom. The van der Waals surface area contributed by atoms with Crippen molar-refractivity contribution in [3.05, 3.63) is 30.1 Å². The normalized spacial score (nSPS) is 18.1. The molecule has 0 radical (unpaired) electrons. The molecule has 0 aliphatic heterocycles. The Labute approximate surface area is 181 Å². The molecule has 0 spiro atoms. The predicted molar refractivity (Wildman–Crippen MR) is 117 cm³/mol. The number of pyridine rings is 1. The Hall–Kier alpha value is -3.14. The third-order valence-electron chi connectivity index (χ3n) is 5.10. The molecule has 31 heavy (non-hydrogen) atoms. The van der Waals surface area contributed by atoms with Gasteiger partial charge in [0, 0.05) is 37.4 Å². The Bertz CT molecular complexity index is 854. The van der Waals surface area contributed by atoms with Crippen molar-refractivity contribution in [1.82, 2.24) is 20.5 Å². The van der Waals surface area contributed by atoms with E-state index in [-0.39, 0.29) is 24.2 Å². The fraction of sp³-hybridized carbons (Fsp3) is 0.524. The summed E-state index contributed by atoms with van der Waals surface area (Å²) in [6.07, 6.45) is 4.46. The standard InChI is InChI=1S/C21H30N6O4/c1-14(2)23-21(29)31-17-6-4-15(10-17)18-11-20(26-25-18)24-19-7-5-16(12-22-19)27(13-28)8-9-30-3/h5,7,11-15,17H,4,6,8-10H2,1-3H3,(H,23,29)(H2,22,24,25,26). The Morgan fingerprint density at radius 1 is 1.35 bits per heavy atom. The van der Waals surface area contributed by atoms with Gasteiger partial charge in [-0.25, -0.2) is 9.78 Å². The van der Waals surface area contributed by atoms with E-state index in [0.717, 1.165) is 31.4 Å². The molecule has 2 aromatic heterocycles. The Morgan fingerprint density at radius 3 is 2.87 bits per heavy atom. The average Bonchev–Trinajstić information content (AvgIpc) is 3.38. The van der Waals surface area contributed by atoms with Gasteiger partial charge in [-0.3, -0.25) is 9.89 Å². The highest BCUT2D eigenvalue weighted by atomic mass is 16.6. The molecule has 1 aliphatic rings. The number of aromatic nitrogens is 3. The molecule has 2 unspecified atom stereocenters. The number of alkyl carbamates (subject to hydrolysis) is 1. The van der Waals surface area contributed by atoms with Gasteiger partial charge < -0.3 is 25.0 Å². The van der Waals surface area contributed by atoms with E-state index >= 15 is 0 Å².